The highest BCUT2D eigenvalue weighted by atomic mass is 35.5. The third-order valence-electron chi connectivity index (χ3n) is 2.88. The maximum atomic E-state index is 13.1. The normalized spacial score (nSPS) is 12.4. The summed E-state index contributed by atoms with van der Waals surface area (Å²) in [6, 6.07) is 7.51. The Labute approximate surface area is 115 Å². The predicted molar refractivity (Wildman–Crippen MR) is 71.1 cm³/mol. The van der Waals surface area contributed by atoms with Crippen LogP contribution in [0.4, 0.5) is 8.78 Å². The van der Waals surface area contributed by atoms with Crippen LogP contribution in [0.5, 0.6) is 0 Å². The fourth-order valence-electron chi connectivity index (χ4n) is 1.85. The van der Waals surface area contributed by atoms with Crippen LogP contribution in [0.25, 0.3) is 0 Å². The lowest BCUT2D eigenvalue weighted by Gasteiger charge is -2.16. The first-order chi connectivity index (χ1) is 9.10. The van der Waals surface area contributed by atoms with Crippen molar-refractivity contribution in [3.63, 3.8) is 0 Å². The van der Waals surface area contributed by atoms with Gasteiger partial charge >= 0.3 is 0 Å². The van der Waals surface area contributed by atoms with E-state index in [1.807, 2.05) is 0 Å². The van der Waals surface area contributed by atoms with Crippen LogP contribution in [-0.2, 0) is 6.42 Å². The minimum Gasteiger partial charge on any atom is -0.311 e. The molecule has 0 aliphatic heterocycles. The molecule has 0 amide bonds. The molecule has 1 N–H and O–H groups in total. The number of hydrogen-bond donors (Lipinski definition) is 1. The van der Waals surface area contributed by atoms with E-state index >= 15 is 0 Å². The maximum absolute atomic E-state index is 13.1. The summed E-state index contributed by atoms with van der Waals surface area (Å²) in [6.45, 7) is 0. The highest BCUT2D eigenvalue weighted by Gasteiger charge is 2.12. The van der Waals surface area contributed by atoms with E-state index in [0.717, 1.165) is 11.3 Å². The lowest BCUT2D eigenvalue weighted by molar-refractivity contribution is 0.564. The number of aromatic nitrogens is 1. The molecule has 19 heavy (non-hydrogen) atoms. The van der Waals surface area contributed by atoms with Gasteiger partial charge in [0, 0.05) is 0 Å². The monoisotopic (exact) mass is 282 g/mol. The summed E-state index contributed by atoms with van der Waals surface area (Å²) in [7, 11) is 1.79. The number of nitrogens with zero attached hydrogens (tertiary/aromatic N) is 1. The van der Waals surface area contributed by atoms with Crippen LogP contribution < -0.4 is 5.32 Å². The molecule has 0 aliphatic carbocycles. The number of pyridine rings is 1. The van der Waals surface area contributed by atoms with Crippen LogP contribution in [0, 0.1) is 11.6 Å². The standard InChI is InChI=1S/C14H13ClF2N2/c1-18-14(13-5-3-10(16)8-19-13)7-9-2-4-12(17)11(15)6-9/h2-6,8,14,18H,7H2,1H3. The zero-order valence-electron chi connectivity index (χ0n) is 10.3. The van der Waals surface area contributed by atoms with Gasteiger partial charge in [0.15, 0.2) is 0 Å². The van der Waals surface area contributed by atoms with Crippen LogP contribution >= 0.6 is 11.6 Å². The maximum Gasteiger partial charge on any atom is 0.141 e. The summed E-state index contributed by atoms with van der Waals surface area (Å²) in [6.07, 6.45) is 1.77. The lowest BCUT2D eigenvalue weighted by atomic mass is 10.0. The van der Waals surface area contributed by atoms with E-state index in [4.69, 9.17) is 11.6 Å². The van der Waals surface area contributed by atoms with Gasteiger partial charge in [-0.2, -0.15) is 0 Å². The van der Waals surface area contributed by atoms with Gasteiger partial charge in [0.2, 0.25) is 0 Å². The number of benzene rings is 1. The van der Waals surface area contributed by atoms with Gasteiger partial charge in [-0.05, 0) is 43.3 Å². The molecule has 2 rings (SSSR count). The molecule has 0 saturated heterocycles. The Balaban J connectivity index is 2.18. The molecule has 0 radical (unpaired) electrons. The highest BCUT2D eigenvalue weighted by Crippen LogP contribution is 2.21. The van der Waals surface area contributed by atoms with E-state index in [1.54, 1.807) is 25.2 Å². The number of halogens is 3. The van der Waals surface area contributed by atoms with Crippen molar-refractivity contribution in [1.29, 1.82) is 0 Å². The molecule has 5 heteroatoms. The molecule has 2 aromatic rings. The smallest absolute Gasteiger partial charge is 0.141 e. The van der Waals surface area contributed by atoms with Crippen LogP contribution in [0.15, 0.2) is 36.5 Å². The minimum absolute atomic E-state index is 0.0814. The fourth-order valence-corrected chi connectivity index (χ4v) is 2.05. The third-order valence-corrected chi connectivity index (χ3v) is 3.17. The fraction of sp³-hybridized carbons (Fsp3) is 0.214. The van der Waals surface area contributed by atoms with Crippen LogP contribution in [0.1, 0.15) is 17.3 Å². The van der Waals surface area contributed by atoms with Gasteiger partial charge in [-0.3, -0.25) is 4.98 Å². The van der Waals surface area contributed by atoms with Crippen molar-refractivity contribution in [2.45, 2.75) is 12.5 Å². The lowest BCUT2D eigenvalue weighted by Crippen LogP contribution is -2.20. The second kappa shape index (κ2) is 6.08. The van der Waals surface area contributed by atoms with E-state index in [1.165, 1.54) is 18.3 Å². The van der Waals surface area contributed by atoms with Crippen LogP contribution in [-0.4, -0.2) is 12.0 Å². The molecule has 1 aromatic heterocycles. The molecule has 0 fully saturated rings. The van der Waals surface area contributed by atoms with E-state index in [2.05, 4.69) is 10.3 Å². The Morgan fingerprint density at radius 3 is 2.63 bits per heavy atom. The van der Waals surface area contributed by atoms with Crippen molar-refractivity contribution < 1.29 is 8.78 Å². The molecule has 1 heterocycles. The molecular formula is C14H13ClF2N2. The molecule has 1 atom stereocenters. The molecule has 1 aromatic carbocycles. The topological polar surface area (TPSA) is 24.9 Å². The molecule has 0 spiro atoms. The van der Waals surface area contributed by atoms with Crippen molar-refractivity contribution in [1.82, 2.24) is 10.3 Å². The second-order valence-electron chi connectivity index (χ2n) is 4.20. The average molecular weight is 283 g/mol. The average Bonchev–Trinajstić information content (AvgIpc) is 2.41. The molecule has 0 bridgehead atoms. The Hall–Kier alpha value is -1.52. The molecular weight excluding hydrogens is 270 g/mol. The summed E-state index contributed by atoms with van der Waals surface area (Å²) in [5.41, 5.74) is 1.61. The summed E-state index contributed by atoms with van der Waals surface area (Å²) >= 11 is 5.75. The van der Waals surface area contributed by atoms with Crippen molar-refractivity contribution in [2.24, 2.45) is 0 Å². The van der Waals surface area contributed by atoms with Gasteiger partial charge in [0.25, 0.3) is 0 Å². The van der Waals surface area contributed by atoms with Crippen LogP contribution in [0.3, 0.4) is 0 Å². The summed E-state index contributed by atoms with van der Waals surface area (Å²) in [5, 5.41) is 3.20. The van der Waals surface area contributed by atoms with Crippen molar-refractivity contribution in [2.75, 3.05) is 7.05 Å². The first-order valence-corrected chi connectivity index (χ1v) is 6.20. The van der Waals surface area contributed by atoms with Gasteiger partial charge in [0.05, 0.1) is 23.0 Å². The third kappa shape index (κ3) is 3.49. The number of hydrogen-bond acceptors (Lipinski definition) is 2. The van der Waals surface area contributed by atoms with E-state index in [-0.39, 0.29) is 16.9 Å². The van der Waals surface area contributed by atoms with Crippen molar-refractivity contribution >= 4 is 11.6 Å². The summed E-state index contributed by atoms with van der Waals surface area (Å²) in [5.74, 6) is -0.810. The summed E-state index contributed by atoms with van der Waals surface area (Å²) in [4.78, 5) is 4.04. The van der Waals surface area contributed by atoms with E-state index < -0.39 is 5.82 Å². The molecule has 0 saturated carbocycles. The van der Waals surface area contributed by atoms with Gasteiger partial charge in [-0.15, -0.1) is 0 Å². The largest absolute Gasteiger partial charge is 0.311 e. The summed E-state index contributed by atoms with van der Waals surface area (Å²) < 4.78 is 25.9. The first-order valence-electron chi connectivity index (χ1n) is 5.83. The Morgan fingerprint density at radius 2 is 2.05 bits per heavy atom. The van der Waals surface area contributed by atoms with E-state index in [0.29, 0.717) is 6.42 Å². The number of rotatable bonds is 4. The zero-order chi connectivity index (χ0) is 13.8. The van der Waals surface area contributed by atoms with Crippen molar-refractivity contribution in [3.8, 4) is 0 Å². The highest BCUT2D eigenvalue weighted by molar-refractivity contribution is 6.30. The Kier molecular flexibility index (Phi) is 4.45. The Bertz CT molecular complexity index is 558. The minimum atomic E-state index is -0.439. The number of likely N-dealkylation sites (N-methyl/N-ethyl adjacent to an activating group) is 1. The van der Waals surface area contributed by atoms with E-state index in [9.17, 15) is 8.78 Å². The molecule has 2 nitrogen and oxygen atoms in total. The SMILES string of the molecule is CNC(Cc1ccc(F)c(Cl)c1)c1ccc(F)cn1. The van der Waals surface area contributed by atoms with Gasteiger partial charge in [0.1, 0.15) is 11.6 Å². The molecule has 1 unspecified atom stereocenters. The van der Waals surface area contributed by atoms with Gasteiger partial charge < -0.3 is 5.32 Å². The quantitative estimate of drug-likeness (QED) is 0.928. The van der Waals surface area contributed by atoms with Crippen molar-refractivity contribution in [3.05, 3.63) is 64.4 Å². The molecule has 0 aliphatic rings. The zero-order valence-corrected chi connectivity index (χ0v) is 11.1. The predicted octanol–water partition coefficient (Wildman–Crippen LogP) is 3.52. The number of nitrogens with one attached hydrogen (secondary N) is 1. The first kappa shape index (κ1) is 13.9. The van der Waals surface area contributed by atoms with Crippen LogP contribution in [0.2, 0.25) is 5.02 Å². The Morgan fingerprint density at radius 1 is 1.26 bits per heavy atom. The molecule has 100 valence electrons. The second-order valence-corrected chi connectivity index (χ2v) is 4.60. The van der Waals surface area contributed by atoms with Gasteiger partial charge in [-0.1, -0.05) is 17.7 Å². The van der Waals surface area contributed by atoms with Gasteiger partial charge in [-0.25, -0.2) is 8.78 Å².